The van der Waals surface area contributed by atoms with Gasteiger partial charge in [0.2, 0.25) is 5.13 Å². The van der Waals surface area contributed by atoms with Crippen LogP contribution in [0, 0.1) is 20.8 Å². The Balaban J connectivity index is 1.83. The number of anilines is 1. The molecule has 2 heterocycles. The van der Waals surface area contributed by atoms with Crippen molar-refractivity contribution < 1.29 is 4.79 Å². The Morgan fingerprint density at radius 1 is 1.04 bits per heavy atom. The van der Waals surface area contributed by atoms with E-state index in [1.165, 1.54) is 11.3 Å². The molecule has 0 aliphatic rings. The van der Waals surface area contributed by atoms with Gasteiger partial charge < -0.3 is 0 Å². The van der Waals surface area contributed by atoms with Crippen LogP contribution < -0.4 is 5.32 Å². The van der Waals surface area contributed by atoms with E-state index >= 15 is 0 Å². The number of rotatable bonds is 3. The lowest BCUT2D eigenvalue weighted by Gasteiger charge is -2.10. The third-order valence-corrected chi connectivity index (χ3v) is 4.36. The molecule has 0 fully saturated rings. The monoisotopic (exact) mass is 324 g/mol. The maximum Gasteiger partial charge on any atom is 0.258 e. The number of carbonyl (C=O) groups excluding carboxylic acids is 1. The minimum atomic E-state index is -0.155. The maximum atomic E-state index is 12.5. The summed E-state index contributed by atoms with van der Waals surface area (Å²) in [6.07, 6.45) is 3.40. The van der Waals surface area contributed by atoms with Crippen molar-refractivity contribution in [3.63, 3.8) is 0 Å². The van der Waals surface area contributed by atoms with Crippen LogP contribution in [0.1, 0.15) is 27.0 Å². The first-order valence-electron chi connectivity index (χ1n) is 7.17. The van der Waals surface area contributed by atoms with E-state index in [0.29, 0.717) is 10.7 Å². The van der Waals surface area contributed by atoms with Crippen LogP contribution in [0.3, 0.4) is 0 Å². The second-order valence-electron chi connectivity index (χ2n) is 5.38. The summed E-state index contributed by atoms with van der Waals surface area (Å²) < 4.78 is 0. The molecule has 0 atom stereocenters. The van der Waals surface area contributed by atoms with E-state index in [9.17, 15) is 4.79 Å². The Bertz CT molecular complexity index is 835. The number of amides is 1. The van der Waals surface area contributed by atoms with Gasteiger partial charge >= 0.3 is 0 Å². The molecule has 0 bridgehead atoms. The fourth-order valence-electron chi connectivity index (χ4n) is 2.58. The van der Waals surface area contributed by atoms with Crippen LogP contribution in [0.5, 0.6) is 0 Å². The van der Waals surface area contributed by atoms with Gasteiger partial charge in [0.1, 0.15) is 5.01 Å². The summed E-state index contributed by atoms with van der Waals surface area (Å²) in [6, 6.07) is 7.73. The van der Waals surface area contributed by atoms with Crippen molar-refractivity contribution in [3.8, 4) is 10.6 Å². The molecule has 116 valence electrons. The summed E-state index contributed by atoms with van der Waals surface area (Å²) in [5.74, 6) is -0.155. The fraction of sp³-hybridized carbons (Fsp3) is 0.176. The number of pyridine rings is 1. The maximum absolute atomic E-state index is 12.5. The van der Waals surface area contributed by atoms with Crippen LogP contribution in [0.4, 0.5) is 5.13 Å². The molecule has 0 aliphatic heterocycles. The number of nitrogens with zero attached hydrogens (tertiary/aromatic N) is 3. The molecular formula is C17H16N4OS. The summed E-state index contributed by atoms with van der Waals surface area (Å²) in [7, 11) is 0. The molecule has 1 N–H and O–H groups in total. The molecule has 0 saturated heterocycles. The van der Waals surface area contributed by atoms with E-state index in [1.54, 1.807) is 12.4 Å². The summed E-state index contributed by atoms with van der Waals surface area (Å²) in [5, 5.41) is 12.2. The van der Waals surface area contributed by atoms with Gasteiger partial charge in [-0.1, -0.05) is 29.0 Å². The largest absolute Gasteiger partial charge is 0.296 e. The Labute approximate surface area is 138 Å². The molecule has 6 heteroatoms. The topological polar surface area (TPSA) is 67.8 Å². The third-order valence-electron chi connectivity index (χ3n) is 3.48. The van der Waals surface area contributed by atoms with Crippen molar-refractivity contribution >= 4 is 22.4 Å². The molecular weight excluding hydrogens is 308 g/mol. The molecule has 3 aromatic rings. The van der Waals surface area contributed by atoms with E-state index in [-0.39, 0.29) is 5.91 Å². The minimum Gasteiger partial charge on any atom is -0.296 e. The summed E-state index contributed by atoms with van der Waals surface area (Å²) in [5.41, 5.74) is 4.68. The standard InChI is InChI=1S/C17H16N4OS/c1-10-8-11(2)14(12(3)9-10)15(22)19-17-21-20-16(23-17)13-4-6-18-7-5-13/h4-9H,1-3H3,(H,19,21,22). The average Bonchev–Trinajstić information content (AvgIpc) is 2.95. The van der Waals surface area contributed by atoms with E-state index in [4.69, 9.17) is 0 Å². The van der Waals surface area contributed by atoms with Crippen LogP contribution in [0.25, 0.3) is 10.6 Å². The van der Waals surface area contributed by atoms with Gasteiger partial charge in [-0.25, -0.2) is 0 Å². The van der Waals surface area contributed by atoms with Crippen molar-refractivity contribution in [2.75, 3.05) is 5.32 Å². The zero-order valence-electron chi connectivity index (χ0n) is 13.1. The highest BCUT2D eigenvalue weighted by Gasteiger charge is 2.15. The highest BCUT2D eigenvalue weighted by Crippen LogP contribution is 2.26. The van der Waals surface area contributed by atoms with Crippen LogP contribution >= 0.6 is 11.3 Å². The Hall–Kier alpha value is -2.60. The lowest BCUT2D eigenvalue weighted by molar-refractivity contribution is 0.102. The lowest BCUT2D eigenvalue weighted by atomic mass is 9.99. The number of benzene rings is 1. The predicted molar refractivity (Wildman–Crippen MR) is 91.7 cm³/mol. The van der Waals surface area contributed by atoms with Gasteiger partial charge in [-0.15, -0.1) is 10.2 Å². The normalized spacial score (nSPS) is 10.6. The molecule has 3 rings (SSSR count). The van der Waals surface area contributed by atoms with E-state index < -0.39 is 0 Å². The summed E-state index contributed by atoms with van der Waals surface area (Å²) in [6.45, 7) is 5.91. The van der Waals surface area contributed by atoms with Crippen molar-refractivity contribution in [2.24, 2.45) is 0 Å². The first-order chi connectivity index (χ1) is 11.0. The molecule has 0 spiro atoms. The van der Waals surface area contributed by atoms with Gasteiger partial charge in [-0.05, 0) is 44.0 Å². The number of hydrogen-bond donors (Lipinski definition) is 1. The van der Waals surface area contributed by atoms with Gasteiger partial charge in [0.05, 0.1) is 0 Å². The second kappa shape index (κ2) is 6.26. The van der Waals surface area contributed by atoms with Crippen molar-refractivity contribution in [3.05, 3.63) is 58.9 Å². The van der Waals surface area contributed by atoms with Crippen molar-refractivity contribution in [1.82, 2.24) is 15.2 Å². The molecule has 5 nitrogen and oxygen atoms in total. The molecule has 0 saturated carbocycles. The lowest BCUT2D eigenvalue weighted by Crippen LogP contribution is -2.15. The quantitative estimate of drug-likeness (QED) is 0.796. The van der Waals surface area contributed by atoms with Gasteiger partial charge in [0.25, 0.3) is 5.91 Å². The van der Waals surface area contributed by atoms with Gasteiger partial charge in [0, 0.05) is 23.5 Å². The first-order valence-corrected chi connectivity index (χ1v) is 7.99. The Kier molecular flexibility index (Phi) is 4.16. The first kappa shape index (κ1) is 15.3. The number of aromatic nitrogens is 3. The Morgan fingerprint density at radius 2 is 1.70 bits per heavy atom. The molecule has 23 heavy (non-hydrogen) atoms. The molecule has 0 aliphatic carbocycles. The van der Waals surface area contributed by atoms with Crippen LogP contribution in [0.2, 0.25) is 0 Å². The highest BCUT2D eigenvalue weighted by molar-refractivity contribution is 7.18. The zero-order valence-corrected chi connectivity index (χ0v) is 13.9. The molecule has 1 amide bonds. The predicted octanol–water partition coefficient (Wildman–Crippen LogP) is 3.78. The van der Waals surface area contributed by atoms with Crippen LogP contribution in [0.15, 0.2) is 36.7 Å². The van der Waals surface area contributed by atoms with Gasteiger partial charge in [-0.3, -0.25) is 15.1 Å². The van der Waals surface area contributed by atoms with E-state index in [1.807, 2.05) is 45.0 Å². The summed E-state index contributed by atoms with van der Waals surface area (Å²) >= 11 is 1.34. The van der Waals surface area contributed by atoms with Crippen molar-refractivity contribution in [2.45, 2.75) is 20.8 Å². The minimum absolute atomic E-state index is 0.155. The smallest absolute Gasteiger partial charge is 0.258 e. The second-order valence-corrected chi connectivity index (χ2v) is 6.35. The zero-order chi connectivity index (χ0) is 16.4. The SMILES string of the molecule is Cc1cc(C)c(C(=O)Nc2nnc(-c3ccncc3)s2)c(C)c1. The highest BCUT2D eigenvalue weighted by atomic mass is 32.1. The molecule has 0 unspecified atom stereocenters. The molecule has 0 radical (unpaired) electrons. The molecule has 2 aromatic heterocycles. The number of aryl methyl sites for hydroxylation is 3. The number of hydrogen-bond acceptors (Lipinski definition) is 5. The van der Waals surface area contributed by atoms with Gasteiger partial charge in [-0.2, -0.15) is 0 Å². The number of nitrogens with one attached hydrogen (secondary N) is 1. The Morgan fingerprint density at radius 3 is 2.35 bits per heavy atom. The van der Waals surface area contributed by atoms with Crippen LogP contribution in [-0.4, -0.2) is 21.1 Å². The fourth-order valence-corrected chi connectivity index (χ4v) is 3.33. The van der Waals surface area contributed by atoms with Crippen LogP contribution in [-0.2, 0) is 0 Å². The third kappa shape index (κ3) is 3.27. The van der Waals surface area contributed by atoms with Crippen molar-refractivity contribution in [1.29, 1.82) is 0 Å². The number of carbonyl (C=O) groups is 1. The van der Waals surface area contributed by atoms with E-state index in [2.05, 4.69) is 20.5 Å². The average molecular weight is 324 g/mol. The van der Waals surface area contributed by atoms with Gasteiger partial charge in [0.15, 0.2) is 0 Å². The summed E-state index contributed by atoms with van der Waals surface area (Å²) in [4.78, 5) is 16.5. The van der Waals surface area contributed by atoms with E-state index in [0.717, 1.165) is 27.3 Å². The molecule has 1 aromatic carbocycles.